The first-order valence-corrected chi connectivity index (χ1v) is 13.5. The Balaban J connectivity index is 1.86. The van der Waals surface area contributed by atoms with Crippen LogP contribution in [-0.4, -0.2) is 71.8 Å². The molecule has 0 saturated carbocycles. The number of morpholine rings is 1. The smallest absolute Gasteiger partial charge is 0.251 e. The molecular formula is C22H29N3O6S2. The Labute approximate surface area is 195 Å². The lowest BCUT2D eigenvalue weighted by molar-refractivity contribution is 0.0730. The molecular weight excluding hydrogens is 466 g/mol. The number of sulfonamides is 2. The van der Waals surface area contributed by atoms with Crippen LogP contribution in [0.4, 0.5) is 0 Å². The van der Waals surface area contributed by atoms with Gasteiger partial charge in [0.15, 0.2) is 0 Å². The van der Waals surface area contributed by atoms with E-state index in [2.05, 4.69) is 5.32 Å². The lowest BCUT2D eigenvalue weighted by atomic mass is 10.1. The van der Waals surface area contributed by atoms with E-state index >= 15 is 0 Å². The largest absolute Gasteiger partial charge is 0.379 e. The van der Waals surface area contributed by atoms with Crippen LogP contribution in [0, 0.1) is 0 Å². The molecule has 0 radical (unpaired) electrons. The maximum absolute atomic E-state index is 13.2. The van der Waals surface area contributed by atoms with Crippen molar-refractivity contribution in [2.75, 3.05) is 40.4 Å². The molecule has 11 heteroatoms. The van der Waals surface area contributed by atoms with Crippen molar-refractivity contribution in [3.05, 3.63) is 59.2 Å². The van der Waals surface area contributed by atoms with E-state index in [1.165, 1.54) is 30.5 Å². The summed E-state index contributed by atoms with van der Waals surface area (Å²) in [7, 11) is -4.57. The molecule has 1 aliphatic rings. The van der Waals surface area contributed by atoms with Crippen LogP contribution in [-0.2, 0) is 37.7 Å². The van der Waals surface area contributed by atoms with Crippen molar-refractivity contribution < 1.29 is 26.4 Å². The molecule has 0 aliphatic carbocycles. The zero-order valence-electron chi connectivity index (χ0n) is 18.9. The summed E-state index contributed by atoms with van der Waals surface area (Å²) in [5, 5.41) is 2.71. The van der Waals surface area contributed by atoms with E-state index in [-0.39, 0.29) is 35.0 Å². The monoisotopic (exact) mass is 495 g/mol. The minimum atomic E-state index is -3.78. The second kappa shape index (κ2) is 10.3. The summed E-state index contributed by atoms with van der Waals surface area (Å²) in [4.78, 5) is 13.1. The van der Waals surface area contributed by atoms with Crippen LogP contribution in [0.25, 0.3) is 0 Å². The highest BCUT2D eigenvalue weighted by molar-refractivity contribution is 7.89. The first-order valence-electron chi connectivity index (χ1n) is 10.6. The predicted molar refractivity (Wildman–Crippen MR) is 124 cm³/mol. The summed E-state index contributed by atoms with van der Waals surface area (Å²) in [6.07, 6.45) is 0.497. The molecule has 0 aromatic heterocycles. The molecule has 0 bridgehead atoms. The number of carbonyl (C=O) groups excluding carboxylic acids is 1. The minimum Gasteiger partial charge on any atom is -0.379 e. The highest BCUT2D eigenvalue weighted by atomic mass is 32.2. The number of aryl methyl sites for hydroxylation is 1. The number of carbonyl (C=O) groups is 1. The van der Waals surface area contributed by atoms with Gasteiger partial charge < -0.3 is 10.1 Å². The lowest BCUT2D eigenvalue weighted by Crippen LogP contribution is -2.41. The van der Waals surface area contributed by atoms with E-state index in [1.54, 1.807) is 30.3 Å². The average molecular weight is 496 g/mol. The molecule has 0 atom stereocenters. The molecule has 2 aromatic rings. The number of rotatable bonds is 8. The third kappa shape index (κ3) is 5.44. The standard InChI is InChI=1S/C22H29N3O6S2/c1-4-17-9-10-18(15-21(17)33(29,30)25-11-13-31-14-12-25)22(26)23-16-19-7-5-6-8-20(19)32(27,28)24(2)3/h5-10,15H,4,11-14,16H2,1-3H3,(H,23,26). The first-order chi connectivity index (χ1) is 15.6. The number of amides is 1. The summed E-state index contributed by atoms with van der Waals surface area (Å²) in [5.41, 5.74) is 1.25. The Bertz CT molecular complexity index is 1220. The van der Waals surface area contributed by atoms with Gasteiger partial charge in [-0.25, -0.2) is 21.1 Å². The molecule has 3 rings (SSSR count). The molecule has 1 aliphatic heterocycles. The van der Waals surface area contributed by atoms with Gasteiger partial charge in [-0.3, -0.25) is 4.79 Å². The van der Waals surface area contributed by atoms with Crippen LogP contribution >= 0.6 is 0 Å². The summed E-state index contributed by atoms with van der Waals surface area (Å²) in [5.74, 6) is -0.492. The normalized spacial score (nSPS) is 15.5. The van der Waals surface area contributed by atoms with Gasteiger partial charge in [0.25, 0.3) is 5.91 Å². The Kier molecular flexibility index (Phi) is 7.91. The van der Waals surface area contributed by atoms with Crippen molar-refractivity contribution >= 4 is 26.0 Å². The molecule has 33 heavy (non-hydrogen) atoms. The fourth-order valence-corrected chi connectivity index (χ4v) is 6.37. The van der Waals surface area contributed by atoms with Crippen LogP contribution in [0.3, 0.4) is 0 Å². The van der Waals surface area contributed by atoms with Crippen LogP contribution in [0.15, 0.2) is 52.3 Å². The Morgan fingerprint density at radius 1 is 1.00 bits per heavy atom. The van der Waals surface area contributed by atoms with Crippen LogP contribution in [0.2, 0.25) is 0 Å². The zero-order chi connectivity index (χ0) is 24.2. The van der Waals surface area contributed by atoms with E-state index in [0.29, 0.717) is 30.8 Å². The molecule has 180 valence electrons. The van der Waals surface area contributed by atoms with Crippen molar-refractivity contribution in [3.8, 4) is 0 Å². The number of ether oxygens (including phenoxy) is 1. The molecule has 1 N–H and O–H groups in total. The van der Waals surface area contributed by atoms with E-state index in [9.17, 15) is 21.6 Å². The van der Waals surface area contributed by atoms with Crippen LogP contribution in [0.1, 0.15) is 28.4 Å². The van der Waals surface area contributed by atoms with E-state index < -0.39 is 26.0 Å². The van der Waals surface area contributed by atoms with Gasteiger partial charge in [-0.2, -0.15) is 4.31 Å². The highest BCUT2D eigenvalue weighted by Crippen LogP contribution is 2.24. The third-order valence-corrected chi connectivity index (χ3v) is 9.37. The summed E-state index contributed by atoms with van der Waals surface area (Å²) in [6.45, 7) is 3.02. The molecule has 0 unspecified atom stereocenters. The molecule has 1 fully saturated rings. The van der Waals surface area contributed by atoms with Gasteiger partial charge in [-0.15, -0.1) is 0 Å². The molecule has 1 amide bonds. The molecule has 1 heterocycles. The Hall–Kier alpha value is -2.31. The first kappa shape index (κ1) is 25.3. The second-order valence-corrected chi connectivity index (χ2v) is 11.8. The quantitative estimate of drug-likeness (QED) is 0.593. The van der Waals surface area contributed by atoms with Crippen LogP contribution in [0.5, 0.6) is 0 Å². The number of nitrogens with zero attached hydrogens (tertiary/aromatic N) is 2. The molecule has 9 nitrogen and oxygen atoms in total. The van der Waals surface area contributed by atoms with E-state index in [1.807, 2.05) is 6.92 Å². The third-order valence-electron chi connectivity index (χ3n) is 5.47. The van der Waals surface area contributed by atoms with Crippen molar-refractivity contribution in [2.24, 2.45) is 0 Å². The number of hydrogen-bond donors (Lipinski definition) is 1. The van der Waals surface area contributed by atoms with Gasteiger partial charge in [0.2, 0.25) is 20.0 Å². The van der Waals surface area contributed by atoms with Crippen molar-refractivity contribution in [3.63, 3.8) is 0 Å². The van der Waals surface area contributed by atoms with E-state index in [0.717, 1.165) is 4.31 Å². The fourth-order valence-electron chi connectivity index (χ4n) is 3.53. The number of nitrogens with one attached hydrogen (secondary N) is 1. The minimum absolute atomic E-state index is 0.0246. The van der Waals surface area contributed by atoms with E-state index in [4.69, 9.17) is 4.74 Å². The average Bonchev–Trinajstić information content (AvgIpc) is 2.82. The van der Waals surface area contributed by atoms with Crippen molar-refractivity contribution in [2.45, 2.75) is 29.7 Å². The van der Waals surface area contributed by atoms with Gasteiger partial charge in [-0.05, 0) is 35.7 Å². The topological polar surface area (TPSA) is 113 Å². The second-order valence-electron chi connectivity index (χ2n) is 7.77. The zero-order valence-corrected chi connectivity index (χ0v) is 20.6. The maximum Gasteiger partial charge on any atom is 0.251 e. The van der Waals surface area contributed by atoms with Crippen LogP contribution < -0.4 is 5.32 Å². The maximum atomic E-state index is 13.2. The summed E-state index contributed by atoms with van der Waals surface area (Å²) >= 11 is 0. The molecule has 1 saturated heterocycles. The SMILES string of the molecule is CCc1ccc(C(=O)NCc2ccccc2S(=O)(=O)N(C)C)cc1S(=O)(=O)N1CCOCC1. The highest BCUT2D eigenvalue weighted by Gasteiger charge is 2.29. The van der Waals surface area contributed by atoms with Gasteiger partial charge in [-0.1, -0.05) is 31.2 Å². The van der Waals surface area contributed by atoms with Crippen molar-refractivity contribution in [1.29, 1.82) is 0 Å². The predicted octanol–water partition coefficient (Wildman–Crippen LogP) is 1.45. The molecule has 0 spiro atoms. The van der Waals surface area contributed by atoms with Gasteiger partial charge in [0.05, 0.1) is 23.0 Å². The number of hydrogen-bond acceptors (Lipinski definition) is 6. The van der Waals surface area contributed by atoms with Crippen molar-refractivity contribution in [1.82, 2.24) is 13.9 Å². The van der Waals surface area contributed by atoms with Gasteiger partial charge in [0.1, 0.15) is 0 Å². The van der Waals surface area contributed by atoms with Gasteiger partial charge in [0, 0.05) is 39.3 Å². The summed E-state index contributed by atoms with van der Waals surface area (Å²) < 4.78 is 59.3. The van der Waals surface area contributed by atoms with Gasteiger partial charge >= 0.3 is 0 Å². The Morgan fingerprint density at radius 2 is 1.67 bits per heavy atom. The Morgan fingerprint density at radius 3 is 2.30 bits per heavy atom. The summed E-state index contributed by atoms with van der Waals surface area (Å²) in [6, 6.07) is 11.0. The molecule has 2 aromatic carbocycles. The lowest BCUT2D eigenvalue weighted by Gasteiger charge is -2.27. The number of benzene rings is 2. The fraction of sp³-hybridized carbons (Fsp3) is 0.409.